The van der Waals surface area contributed by atoms with Crippen molar-refractivity contribution in [3.8, 4) is 11.8 Å². The predicted molar refractivity (Wildman–Crippen MR) is 143 cm³/mol. The minimum atomic E-state index is -0.955. The fourth-order valence-corrected chi connectivity index (χ4v) is 4.30. The number of aromatic nitrogens is 1. The van der Waals surface area contributed by atoms with Gasteiger partial charge in [0.1, 0.15) is 5.76 Å². The molecule has 0 aliphatic heterocycles. The second-order valence-electron chi connectivity index (χ2n) is 9.29. The van der Waals surface area contributed by atoms with Crippen LogP contribution in [0.25, 0.3) is 5.57 Å². The normalized spacial score (nSPS) is 16.7. The third-order valence-corrected chi connectivity index (χ3v) is 6.70. The summed E-state index contributed by atoms with van der Waals surface area (Å²) in [5, 5.41) is 12.6. The average molecular weight is 506 g/mol. The van der Waals surface area contributed by atoms with Gasteiger partial charge in [-0.2, -0.15) is 0 Å². The van der Waals surface area contributed by atoms with Gasteiger partial charge in [0.2, 0.25) is 5.89 Å². The Hall–Kier alpha value is -3.83. The van der Waals surface area contributed by atoms with Crippen LogP contribution in [-0.2, 0) is 16.1 Å². The number of aromatic carboxylic acids is 1. The van der Waals surface area contributed by atoms with E-state index in [1.807, 2.05) is 20.0 Å². The molecule has 1 aromatic heterocycles. The number of nitrogens with one attached hydrogen (secondary N) is 1. The predicted octanol–water partition coefficient (Wildman–Crippen LogP) is 4.60. The lowest BCUT2D eigenvalue weighted by Crippen LogP contribution is -2.41. The number of nitrogens with zero attached hydrogens (tertiary/aromatic N) is 2. The number of carboxylic acid groups (broad SMARTS) is 1. The number of carbonyl (C=O) groups excluding carboxylic acids is 1. The van der Waals surface area contributed by atoms with Gasteiger partial charge in [0.25, 0.3) is 6.47 Å². The lowest BCUT2D eigenvalue weighted by molar-refractivity contribution is -0.132. The van der Waals surface area contributed by atoms with E-state index < -0.39 is 5.97 Å². The molecule has 8 heteroatoms. The standard InChI is InChI=1S/C29H35N3O5/c1-4-29(20-36-21-33,19-32(3)25-14-12-24(13-15-25)28(34)35)16-17-30-18-26-22(2)37-27(31-26)23-10-8-6-5-7-9-11-23/h6,8,11-15,21,30H,4-5,10,16-20H2,1-3H3,(H,34,35)/b8-6-,23-11+. The van der Waals surface area contributed by atoms with Gasteiger partial charge in [0.15, 0.2) is 0 Å². The molecule has 1 aromatic carbocycles. The summed E-state index contributed by atoms with van der Waals surface area (Å²) in [5.74, 6) is 6.53. The Kier molecular flexibility index (Phi) is 10.1. The first-order valence-corrected chi connectivity index (χ1v) is 12.5. The number of hydrogen-bond donors (Lipinski definition) is 2. The van der Waals surface area contributed by atoms with Crippen LogP contribution in [0.2, 0.25) is 0 Å². The topological polar surface area (TPSA) is 105 Å². The third-order valence-electron chi connectivity index (χ3n) is 6.70. The van der Waals surface area contributed by atoms with Crippen molar-refractivity contribution in [3.63, 3.8) is 0 Å². The van der Waals surface area contributed by atoms with Gasteiger partial charge < -0.3 is 24.5 Å². The smallest absolute Gasteiger partial charge is 0.335 e. The number of carbonyl (C=O) groups is 2. The second kappa shape index (κ2) is 13.5. The number of carboxylic acids is 1. The summed E-state index contributed by atoms with van der Waals surface area (Å²) in [6, 6.07) is 6.77. The van der Waals surface area contributed by atoms with Crippen LogP contribution in [0.3, 0.4) is 0 Å². The van der Waals surface area contributed by atoms with E-state index in [0.717, 1.165) is 48.4 Å². The minimum Gasteiger partial charge on any atom is -0.478 e. The first kappa shape index (κ1) is 27.8. The van der Waals surface area contributed by atoms with Crippen LogP contribution in [0.15, 0.2) is 46.9 Å². The third kappa shape index (κ3) is 7.83. The van der Waals surface area contributed by atoms with E-state index in [9.17, 15) is 9.59 Å². The van der Waals surface area contributed by atoms with Crippen LogP contribution < -0.4 is 10.2 Å². The van der Waals surface area contributed by atoms with Crippen LogP contribution in [0.5, 0.6) is 0 Å². The first-order valence-electron chi connectivity index (χ1n) is 12.5. The van der Waals surface area contributed by atoms with Crippen molar-refractivity contribution in [2.45, 2.75) is 46.1 Å². The molecule has 196 valence electrons. The zero-order chi connectivity index (χ0) is 26.7. The quantitative estimate of drug-likeness (QED) is 0.166. The molecule has 1 heterocycles. The molecular formula is C29H35N3O5. The van der Waals surface area contributed by atoms with Gasteiger partial charge in [-0.15, -0.1) is 0 Å². The SMILES string of the molecule is CCC(CCNCc1nc(/C2=C/C#CC/C=C\C2)oc1C)(COC=O)CN(C)c1ccc(C(=O)O)cc1. The number of rotatable bonds is 14. The van der Waals surface area contributed by atoms with E-state index in [1.165, 1.54) is 0 Å². The number of allylic oxidation sites excluding steroid dienone is 4. The Morgan fingerprint density at radius 3 is 2.81 bits per heavy atom. The van der Waals surface area contributed by atoms with E-state index in [2.05, 4.69) is 41.1 Å². The lowest BCUT2D eigenvalue weighted by Gasteiger charge is -2.36. The number of aryl methyl sites for hydroxylation is 1. The number of anilines is 1. The zero-order valence-corrected chi connectivity index (χ0v) is 21.8. The molecule has 0 bridgehead atoms. The monoisotopic (exact) mass is 505 g/mol. The molecule has 2 N–H and O–H groups in total. The van der Waals surface area contributed by atoms with Gasteiger partial charge in [-0.05, 0) is 63.1 Å². The second-order valence-corrected chi connectivity index (χ2v) is 9.29. The van der Waals surface area contributed by atoms with Crippen LogP contribution in [-0.4, -0.2) is 49.3 Å². The lowest BCUT2D eigenvalue weighted by atomic mass is 9.81. The van der Waals surface area contributed by atoms with Gasteiger partial charge in [-0.25, -0.2) is 9.78 Å². The van der Waals surface area contributed by atoms with Crippen molar-refractivity contribution in [2.75, 3.05) is 31.6 Å². The molecule has 0 amide bonds. The number of oxazole rings is 1. The van der Waals surface area contributed by atoms with Crippen molar-refractivity contribution in [3.05, 3.63) is 65.4 Å². The number of ether oxygens (including phenoxy) is 1. The average Bonchev–Trinajstić information content (AvgIpc) is 3.24. The Morgan fingerprint density at radius 1 is 1.32 bits per heavy atom. The largest absolute Gasteiger partial charge is 0.478 e. The van der Waals surface area contributed by atoms with Gasteiger partial charge in [0, 0.05) is 43.2 Å². The highest BCUT2D eigenvalue weighted by Crippen LogP contribution is 2.30. The Morgan fingerprint density at radius 2 is 2.11 bits per heavy atom. The summed E-state index contributed by atoms with van der Waals surface area (Å²) < 4.78 is 11.2. The van der Waals surface area contributed by atoms with Crippen LogP contribution in [0.1, 0.15) is 60.3 Å². The van der Waals surface area contributed by atoms with E-state index >= 15 is 0 Å². The van der Waals surface area contributed by atoms with Crippen molar-refractivity contribution in [1.82, 2.24) is 10.3 Å². The molecular weight excluding hydrogens is 470 g/mol. The van der Waals surface area contributed by atoms with Crippen LogP contribution in [0, 0.1) is 24.2 Å². The fraction of sp³-hybridized carbons (Fsp3) is 0.414. The van der Waals surface area contributed by atoms with Gasteiger partial charge >= 0.3 is 5.97 Å². The molecule has 37 heavy (non-hydrogen) atoms. The molecule has 0 saturated carbocycles. The number of benzene rings is 1. The highest BCUT2D eigenvalue weighted by molar-refractivity contribution is 5.88. The van der Waals surface area contributed by atoms with Gasteiger partial charge in [-0.1, -0.05) is 30.9 Å². The summed E-state index contributed by atoms with van der Waals surface area (Å²) in [7, 11) is 1.96. The molecule has 0 saturated heterocycles. The first-order chi connectivity index (χ1) is 17.9. The van der Waals surface area contributed by atoms with E-state index in [-0.39, 0.29) is 11.0 Å². The maximum Gasteiger partial charge on any atom is 0.335 e. The molecule has 0 spiro atoms. The highest BCUT2D eigenvalue weighted by atomic mass is 16.5. The molecule has 2 aromatic rings. The Bertz CT molecular complexity index is 1190. The Labute approximate surface area is 218 Å². The van der Waals surface area contributed by atoms with Gasteiger partial charge in [-0.3, -0.25) is 4.79 Å². The fourth-order valence-electron chi connectivity index (χ4n) is 4.30. The molecule has 1 unspecified atom stereocenters. The summed E-state index contributed by atoms with van der Waals surface area (Å²) >= 11 is 0. The molecule has 0 radical (unpaired) electrons. The Balaban J connectivity index is 1.62. The molecule has 3 rings (SSSR count). The molecule has 1 aliphatic rings. The van der Waals surface area contributed by atoms with Gasteiger partial charge in [0.05, 0.1) is 17.9 Å². The van der Waals surface area contributed by atoms with Crippen LogP contribution >= 0.6 is 0 Å². The molecule has 8 nitrogen and oxygen atoms in total. The molecule has 1 aliphatic carbocycles. The van der Waals surface area contributed by atoms with Crippen molar-refractivity contribution < 1.29 is 23.8 Å². The van der Waals surface area contributed by atoms with E-state index in [1.54, 1.807) is 24.3 Å². The summed E-state index contributed by atoms with van der Waals surface area (Å²) in [6.07, 6.45) is 9.08. The highest BCUT2D eigenvalue weighted by Gasteiger charge is 2.31. The van der Waals surface area contributed by atoms with Crippen molar-refractivity contribution >= 4 is 23.7 Å². The van der Waals surface area contributed by atoms with E-state index in [0.29, 0.717) is 38.6 Å². The van der Waals surface area contributed by atoms with Crippen molar-refractivity contribution in [2.24, 2.45) is 5.41 Å². The summed E-state index contributed by atoms with van der Waals surface area (Å²) in [4.78, 5) is 28.9. The molecule has 1 atom stereocenters. The minimum absolute atomic E-state index is 0.244. The maximum atomic E-state index is 11.2. The zero-order valence-electron chi connectivity index (χ0n) is 21.8. The van der Waals surface area contributed by atoms with Crippen molar-refractivity contribution in [1.29, 1.82) is 0 Å². The van der Waals surface area contributed by atoms with E-state index in [4.69, 9.17) is 19.2 Å². The number of hydrogen-bond acceptors (Lipinski definition) is 7. The van der Waals surface area contributed by atoms with Crippen LogP contribution in [0.4, 0.5) is 5.69 Å². The molecule has 0 fully saturated rings. The maximum absolute atomic E-state index is 11.2. The summed E-state index contributed by atoms with van der Waals surface area (Å²) in [6.45, 7) is 6.68. The summed E-state index contributed by atoms with van der Waals surface area (Å²) in [5.41, 5.74) is 2.68.